The SMILES string of the molecule is CCn1nc(C)c(N)c1C(=O)N(CC(C)C)C1CCCC1. The standard InChI is InChI=1S/C16H28N4O/c1-5-20-15(14(17)12(4)18-20)16(21)19(10-11(2)3)13-8-6-7-9-13/h11,13H,5-10,17H2,1-4H3. The number of carbonyl (C=O) groups is 1. The normalized spacial score (nSPS) is 15.9. The van der Waals surface area contributed by atoms with Crippen LogP contribution in [0.15, 0.2) is 0 Å². The van der Waals surface area contributed by atoms with E-state index in [1.165, 1.54) is 12.8 Å². The molecule has 0 bridgehead atoms. The molecule has 2 rings (SSSR count). The summed E-state index contributed by atoms with van der Waals surface area (Å²) >= 11 is 0. The van der Waals surface area contributed by atoms with Crippen molar-refractivity contribution in [2.24, 2.45) is 5.92 Å². The van der Waals surface area contributed by atoms with Crippen molar-refractivity contribution in [1.82, 2.24) is 14.7 Å². The number of nitrogens with two attached hydrogens (primary N) is 1. The Bertz CT molecular complexity index is 501. The molecule has 5 heteroatoms. The lowest BCUT2D eigenvalue weighted by atomic mass is 10.1. The summed E-state index contributed by atoms with van der Waals surface area (Å²) in [6.07, 6.45) is 4.65. The molecule has 0 unspecified atom stereocenters. The molecule has 0 radical (unpaired) electrons. The molecular formula is C16H28N4O. The highest BCUT2D eigenvalue weighted by Gasteiger charge is 2.31. The van der Waals surface area contributed by atoms with Gasteiger partial charge in [0, 0.05) is 19.1 Å². The van der Waals surface area contributed by atoms with Crippen molar-refractivity contribution in [3.05, 3.63) is 11.4 Å². The number of hydrogen-bond donors (Lipinski definition) is 1. The molecule has 1 amide bonds. The summed E-state index contributed by atoms with van der Waals surface area (Å²) in [6, 6.07) is 0.361. The first-order chi connectivity index (χ1) is 9.95. The maximum atomic E-state index is 13.1. The fourth-order valence-corrected chi connectivity index (χ4v) is 3.19. The molecule has 0 aromatic carbocycles. The number of nitrogen functional groups attached to an aromatic ring is 1. The summed E-state index contributed by atoms with van der Waals surface area (Å²) in [4.78, 5) is 15.1. The van der Waals surface area contributed by atoms with Gasteiger partial charge in [-0.05, 0) is 32.6 Å². The van der Waals surface area contributed by atoms with Crippen molar-refractivity contribution in [1.29, 1.82) is 0 Å². The van der Waals surface area contributed by atoms with Crippen LogP contribution >= 0.6 is 0 Å². The molecule has 118 valence electrons. The Kier molecular flexibility index (Phi) is 4.91. The zero-order chi connectivity index (χ0) is 15.6. The summed E-state index contributed by atoms with van der Waals surface area (Å²) in [5, 5.41) is 4.38. The van der Waals surface area contributed by atoms with Gasteiger partial charge >= 0.3 is 0 Å². The van der Waals surface area contributed by atoms with Crippen LogP contribution in [0.1, 0.15) is 62.6 Å². The van der Waals surface area contributed by atoms with E-state index in [2.05, 4.69) is 18.9 Å². The van der Waals surface area contributed by atoms with E-state index in [0.29, 0.717) is 29.9 Å². The summed E-state index contributed by atoms with van der Waals surface area (Å²) in [6.45, 7) is 9.61. The maximum absolute atomic E-state index is 13.1. The van der Waals surface area contributed by atoms with Gasteiger partial charge < -0.3 is 10.6 Å². The number of anilines is 1. The molecule has 2 N–H and O–H groups in total. The van der Waals surface area contributed by atoms with Crippen molar-refractivity contribution in [2.45, 2.75) is 66.0 Å². The number of aromatic nitrogens is 2. The minimum Gasteiger partial charge on any atom is -0.395 e. The lowest BCUT2D eigenvalue weighted by Gasteiger charge is -2.31. The molecule has 21 heavy (non-hydrogen) atoms. The first-order valence-electron chi connectivity index (χ1n) is 8.09. The summed E-state index contributed by atoms with van der Waals surface area (Å²) < 4.78 is 1.75. The largest absolute Gasteiger partial charge is 0.395 e. The number of hydrogen-bond acceptors (Lipinski definition) is 3. The third-order valence-corrected chi connectivity index (χ3v) is 4.26. The molecule has 1 aromatic heterocycles. The van der Waals surface area contributed by atoms with Gasteiger partial charge in [-0.3, -0.25) is 9.48 Å². The van der Waals surface area contributed by atoms with Gasteiger partial charge in [-0.15, -0.1) is 0 Å². The van der Waals surface area contributed by atoms with E-state index in [-0.39, 0.29) is 5.91 Å². The molecule has 5 nitrogen and oxygen atoms in total. The van der Waals surface area contributed by atoms with Crippen LogP contribution in [0.4, 0.5) is 5.69 Å². The predicted molar refractivity (Wildman–Crippen MR) is 85.2 cm³/mol. The summed E-state index contributed by atoms with van der Waals surface area (Å²) in [5.74, 6) is 0.505. The molecular weight excluding hydrogens is 264 g/mol. The van der Waals surface area contributed by atoms with Crippen molar-refractivity contribution in [2.75, 3.05) is 12.3 Å². The number of nitrogens with zero attached hydrogens (tertiary/aromatic N) is 3. The van der Waals surface area contributed by atoms with Crippen molar-refractivity contribution < 1.29 is 4.79 Å². The van der Waals surface area contributed by atoms with Crippen LogP contribution in [0.5, 0.6) is 0 Å². The Labute approximate surface area is 127 Å². The smallest absolute Gasteiger partial charge is 0.274 e. The second kappa shape index (κ2) is 6.50. The lowest BCUT2D eigenvalue weighted by Crippen LogP contribution is -2.42. The van der Waals surface area contributed by atoms with Gasteiger partial charge in [0.2, 0.25) is 0 Å². The van der Waals surface area contributed by atoms with Crippen molar-refractivity contribution in [3.63, 3.8) is 0 Å². The van der Waals surface area contributed by atoms with Crippen LogP contribution in [0.3, 0.4) is 0 Å². The van der Waals surface area contributed by atoms with Gasteiger partial charge in [0.25, 0.3) is 5.91 Å². The molecule has 0 spiro atoms. The summed E-state index contributed by atoms with van der Waals surface area (Å²) in [7, 11) is 0. The van der Waals surface area contributed by atoms with Gasteiger partial charge in [0.1, 0.15) is 5.69 Å². The highest BCUT2D eigenvalue weighted by Crippen LogP contribution is 2.27. The van der Waals surface area contributed by atoms with E-state index < -0.39 is 0 Å². The van der Waals surface area contributed by atoms with Gasteiger partial charge in [0.15, 0.2) is 0 Å². The monoisotopic (exact) mass is 292 g/mol. The minimum absolute atomic E-state index is 0.0514. The minimum atomic E-state index is 0.0514. The fourth-order valence-electron chi connectivity index (χ4n) is 3.19. The van der Waals surface area contributed by atoms with E-state index >= 15 is 0 Å². The highest BCUT2D eigenvalue weighted by atomic mass is 16.2. The second-order valence-corrected chi connectivity index (χ2v) is 6.45. The molecule has 1 saturated carbocycles. The Morgan fingerprint density at radius 3 is 2.57 bits per heavy atom. The van der Waals surface area contributed by atoms with Crippen LogP contribution in [-0.4, -0.2) is 33.2 Å². The third-order valence-electron chi connectivity index (χ3n) is 4.26. The van der Waals surface area contributed by atoms with Crippen LogP contribution in [-0.2, 0) is 6.54 Å². The molecule has 0 atom stereocenters. The topological polar surface area (TPSA) is 64.2 Å². The Morgan fingerprint density at radius 2 is 2.05 bits per heavy atom. The van der Waals surface area contributed by atoms with E-state index in [4.69, 9.17) is 5.73 Å². The quantitative estimate of drug-likeness (QED) is 0.907. The number of aryl methyl sites for hydroxylation is 2. The predicted octanol–water partition coefficient (Wildman–Crippen LogP) is 2.83. The number of carbonyl (C=O) groups excluding carboxylic acids is 1. The Morgan fingerprint density at radius 1 is 1.43 bits per heavy atom. The first-order valence-corrected chi connectivity index (χ1v) is 8.09. The average Bonchev–Trinajstić information content (AvgIpc) is 3.05. The van der Waals surface area contributed by atoms with Gasteiger partial charge in [-0.2, -0.15) is 5.10 Å². The fraction of sp³-hybridized carbons (Fsp3) is 0.750. The van der Waals surface area contributed by atoms with Crippen molar-refractivity contribution >= 4 is 11.6 Å². The van der Waals surface area contributed by atoms with Gasteiger partial charge in [0.05, 0.1) is 11.4 Å². The molecule has 0 saturated heterocycles. The van der Waals surface area contributed by atoms with Crippen molar-refractivity contribution in [3.8, 4) is 0 Å². The van der Waals surface area contributed by atoms with Crippen LogP contribution < -0.4 is 5.73 Å². The third kappa shape index (κ3) is 3.22. The molecule has 1 fully saturated rings. The van der Waals surface area contributed by atoms with Crippen LogP contribution in [0.25, 0.3) is 0 Å². The Balaban J connectivity index is 2.33. The average molecular weight is 292 g/mol. The van der Waals surface area contributed by atoms with E-state index in [1.54, 1.807) is 4.68 Å². The highest BCUT2D eigenvalue weighted by molar-refractivity contribution is 5.98. The molecule has 1 heterocycles. The lowest BCUT2D eigenvalue weighted by molar-refractivity contribution is 0.0644. The number of rotatable bonds is 5. The van der Waals surface area contributed by atoms with Crippen LogP contribution in [0, 0.1) is 12.8 Å². The van der Waals surface area contributed by atoms with Gasteiger partial charge in [-0.25, -0.2) is 0 Å². The van der Waals surface area contributed by atoms with Crippen LogP contribution in [0.2, 0.25) is 0 Å². The first kappa shape index (κ1) is 15.9. The molecule has 0 aliphatic heterocycles. The van der Waals surface area contributed by atoms with Gasteiger partial charge in [-0.1, -0.05) is 26.7 Å². The second-order valence-electron chi connectivity index (χ2n) is 6.45. The number of amides is 1. The van der Waals surface area contributed by atoms with E-state index in [0.717, 1.165) is 25.1 Å². The molecule has 1 aliphatic rings. The van der Waals surface area contributed by atoms with E-state index in [1.807, 2.05) is 18.7 Å². The summed E-state index contributed by atoms with van der Waals surface area (Å²) in [5.41, 5.74) is 7.97. The molecule has 1 aliphatic carbocycles. The maximum Gasteiger partial charge on any atom is 0.274 e. The zero-order valence-corrected chi connectivity index (χ0v) is 13.7. The van der Waals surface area contributed by atoms with E-state index in [9.17, 15) is 4.79 Å². The zero-order valence-electron chi connectivity index (χ0n) is 13.7. The Hall–Kier alpha value is -1.52. The molecule has 1 aromatic rings.